The molecule has 2 N–H and O–H groups in total. The summed E-state index contributed by atoms with van der Waals surface area (Å²) in [7, 11) is 1.56. The number of nitrogens with zero attached hydrogens (tertiary/aromatic N) is 3. The smallest absolute Gasteiger partial charge is 0.271 e. The highest BCUT2D eigenvalue weighted by molar-refractivity contribution is 5.91. The van der Waals surface area contributed by atoms with E-state index in [1.54, 1.807) is 19.2 Å². The summed E-state index contributed by atoms with van der Waals surface area (Å²) in [5.41, 5.74) is 0.313. The fourth-order valence-corrected chi connectivity index (χ4v) is 2.13. The van der Waals surface area contributed by atoms with Gasteiger partial charge in [-0.1, -0.05) is 0 Å². The van der Waals surface area contributed by atoms with Gasteiger partial charge < -0.3 is 15.3 Å². The van der Waals surface area contributed by atoms with Crippen LogP contribution in [0.2, 0.25) is 0 Å². The van der Waals surface area contributed by atoms with Gasteiger partial charge >= 0.3 is 0 Å². The van der Waals surface area contributed by atoms with Crippen LogP contribution in [0.4, 0.5) is 5.82 Å². The summed E-state index contributed by atoms with van der Waals surface area (Å²) in [4.78, 5) is 13.4. The molecule has 1 aromatic rings. The average molecular weight is 250 g/mol. The molecular formula is C12H18N4O2. The Morgan fingerprint density at radius 2 is 2.33 bits per heavy atom. The first-order chi connectivity index (χ1) is 8.61. The lowest BCUT2D eigenvalue weighted by Gasteiger charge is -2.17. The first-order valence-corrected chi connectivity index (χ1v) is 6.10. The topological polar surface area (TPSA) is 78.4 Å². The van der Waals surface area contributed by atoms with E-state index in [-0.39, 0.29) is 17.9 Å². The summed E-state index contributed by atoms with van der Waals surface area (Å²) in [6.45, 7) is 3.46. The standard InChI is InChI=1S/C12H18N4O2/c1-8(17)9-5-6-16(7-9)11-4-3-10(14-15-11)12(18)13-2/h3-4,8-9,17H,5-7H2,1-2H3,(H,13,18). The highest BCUT2D eigenvalue weighted by atomic mass is 16.3. The fourth-order valence-electron chi connectivity index (χ4n) is 2.13. The van der Waals surface area contributed by atoms with E-state index in [9.17, 15) is 9.90 Å². The Bertz CT molecular complexity index is 419. The lowest BCUT2D eigenvalue weighted by Crippen LogP contribution is -2.25. The molecule has 0 saturated carbocycles. The van der Waals surface area contributed by atoms with Gasteiger partial charge in [0.05, 0.1) is 6.10 Å². The maximum Gasteiger partial charge on any atom is 0.271 e. The van der Waals surface area contributed by atoms with Crippen molar-refractivity contribution < 1.29 is 9.90 Å². The Balaban J connectivity index is 2.05. The number of amides is 1. The summed E-state index contributed by atoms with van der Waals surface area (Å²) < 4.78 is 0. The molecule has 2 atom stereocenters. The summed E-state index contributed by atoms with van der Waals surface area (Å²) in [5, 5.41) is 20.0. The van der Waals surface area contributed by atoms with E-state index in [1.807, 2.05) is 6.92 Å². The van der Waals surface area contributed by atoms with Gasteiger partial charge in [-0.15, -0.1) is 10.2 Å². The summed E-state index contributed by atoms with van der Waals surface area (Å²) in [6, 6.07) is 3.46. The van der Waals surface area contributed by atoms with E-state index in [2.05, 4.69) is 20.4 Å². The lowest BCUT2D eigenvalue weighted by atomic mass is 10.0. The molecule has 1 aliphatic rings. The van der Waals surface area contributed by atoms with Crippen molar-refractivity contribution in [1.82, 2.24) is 15.5 Å². The average Bonchev–Trinajstić information content (AvgIpc) is 2.88. The van der Waals surface area contributed by atoms with Gasteiger partial charge in [0.1, 0.15) is 0 Å². The summed E-state index contributed by atoms with van der Waals surface area (Å²) in [6.07, 6.45) is 0.657. The Labute approximate surface area is 106 Å². The van der Waals surface area contributed by atoms with E-state index in [0.717, 1.165) is 25.3 Å². The molecule has 6 nitrogen and oxygen atoms in total. The van der Waals surface area contributed by atoms with Gasteiger partial charge in [0, 0.05) is 26.1 Å². The molecule has 0 aromatic carbocycles. The van der Waals surface area contributed by atoms with Crippen LogP contribution in [0.25, 0.3) is 0 Å². The fraction of sp³-hybridized carbons (Fsp3) is 0.583. The van der Waals surface area contributed by atoms with Crippen LogP contribution in [0.1, 0.15) is 23.8 Å². The minimum atomic E-state index is -0.298. The normalized spacial score (nSPS) is 20.8. The number of aliphatic hydroxyl groups is 1. The summed E-state index contributed by atoms with van der Waals surface area (Å²) >= 11 is 0. The second-order valence-electron chi connectivity index (χ2n) is 4.59. The number of aliphatic hydroxyl groups excluding tert-OH is 1. The zero-order valence-corrected chi connectivity index (χ0v) is 10.6. The van der Waals surface area contributed by atoms with Crippen LogP contribution >= 0.6 is 0 Å². The van der Waals surface area contributed by atoms with Gasteiger partial charge in [-0.25, -0.2) is 0 Å². The van der Waals surface area contributed by atoms with E-state index in [1.165, 1.54) is 0 Å². The van der Waals surface area contributed by atoms with Crippen LogP contribution in [-0.4, -0.2) is 47.5 Å². The molecule has 0 aliphatic carbocycles. The van der Waals surface area contributed by atoms with Crippen molar-refractivity contribution in [3.8, 4) is 0 Å². The third kappa shape index (κ3) is 2.59. The molecule has 2 heterocycles. The van der Waals surface area contributed by atoms with E-state index in [4.69, 9.17) is 0 Å². The van der Waals surface area contributed by atoms with Crippen molar-refractivity contribution in [2.75, 3.05) is 25.0 Å². The van der Waals surface area contributed by atoms with E-state index in [0.29, 0.717) is 5.69 Å². The number of nitrogens with one attached hydrogen (secondary N) is 1. The maximum atomic E-state index is 11.3. The molecule has 0 bridgehead atoms. The Kier molecular flexibility index (Phi) is 3.76. The molecule has 6 heteroatoms. The first kappa shape index (κ1) is 12.8. The van der Waals surface area contributed by atoms with Crippen LogP contribution < -0.4 is 10.2 Å². The number of carbonyl (C=O) groups excluding carboxylic acids is 1. The molecule has 2 unspecified atom stereocenters. The van der Waals surface area contributed by atoms with Crippen LogP contribution in [-0.2, 0) is 0 Å². The Morgan fingerprint density at radius 1 is 1.56 bits per heavy atom. The number of rotatable bonds is 3. The second kappa shape index (κ2) is 5.30. The lowest BCUT2D eigenvalue weighted by molar-refractivity contribution is 0.0957. The van der Waals surface area contributed by atoms with E-state index < -0.39 is 0 Å². The van der Waals surface area contributed by atoms with Crippen LogP contribution in [0.5, 0.6) is 0 Å². The number of hydrogen-bond donors (Lipinski definition) is 2. The molecule has 18 heavy (non-hydrogen) atoms. The monoisotopic (exact) mass is 250 g/mol. The number of hydrogen-bond acceptors (Lipinski definition) is 5. The van der Waals surface area contributed by atoms with Gasteiger partial charge in [-0.2, -0.15) is 0 Å². The number of aromatic nitrogens is 2. The molecule has 1 amide bonds. The molecule has 2 rings (SSSR count). The predicted molar refractivity (Wildman–Crippen MR) is 67.4 cm³/mol. The highest BCUT2D eigenvalue weighted by Crippen LogP contribution is 2.23. The van der Waals surface area contributed by atoms with Gasteiger partial charge in [-0.3, -0.25) is 4.79 Å². The van der Waals surface area contributed by atoms with Gasteiger partial charge in [-0.05, 0) is 25.5 Å². The molecule has 98 valence electrons. The Morgan fingerprint density at radius 3 is 2.83 bits per heavy atom. The molecule has 1 aliphatic heterocycles. The van der Waals surface area contributed by atoms with E-state index >= 15 is 0 Å². The SMILES string of the molecule is CNC(=O)c1ccc(N2CCC(C(C)O)C2)nn1. The van der Waals surface area contributed by atoms with Crippen LogP contribution in [0.3, 0.4) is 0 Å². The first-order valence-electron chi connectivity index (χ1n) is 6.10. The largest absolute Gasteiger partial charge is 0.393 e. The number of anilines is 1. The number of carbonyl (C=O) groups is 1. The quantitative estimate of drug-likeness (QED) is 0.792. The third-order valence-electron chi connectivity index (χ3n) is 3.34. The molecule has 1 fully saturated rings. The van der Waals surface area contributed by atoms with Crippen LogP contribution in [0, 0.1) is 5.92 Å². The summed E-state index contributed by atoms with van der Waals surface area (Å²) in [5.74, 6) is 0.800. The minimum absolute atomic E-state index is 0.239. The minimum Gasteiger partial charge on any atom is -0.393 e. The van der Waals surface area contributed by atoms with Crippen molar-refractivity contribution in [2.24, 2.45) is 5.92 Å². The van der Waals surface area contributed by atoms with Crippen LogP contribution in [0.15, 0.2) is 12.1 Å². The zero-order chi connectivity index (χ0) is 13.1. The zero-order valence-electron chi connectivity index (χ0n) is 10.6. The third-order valence-corrected chi connectivity index (χ3v) is 3.34. The van der Waals surface area contributed by atoms with Crippen molar-refractivity contribution in [2.45, 2.75) is 19.4 Å². The molecule has 1 saturated heterocycles. The molecular weight excluding hydrogens is 232 g/mol. The molecule has 0 spiro atoms. The maximum absolute atomic E-state index is 11.3. The van der Waals surface area contributed by atoms with Crippen molar-refractivity contribution in [3.05, 3.63) is 17.8 Å². The van der Waals surface area contributed by atoms with Crippen molar-refractivity contribution in [3.63, 3.8) is 0 Å². The van der Waals surface area contributed by atoms with Gasteiger partial charge in [0.25, 0.3) is 5.91 Å². The molecule has 1 aromatic heterocycles. The highest BCUT2D eigenvalue weighted by Gasteiger charge is 2.27. The predicted octanol–water partition coefficient (Wildman–Crippen LogP) is 0.0433. The van der Waals surface area contributed by atoms with Crippen molar-refractivity contribution in [1.29, 1.82) is 0 Å². The van der Waals surface area contributed by atoms with Gasteiger partial charge in [0.15, 0.2) is 11.5 Å². The van der Waals surface area contributed by atoms with Crippen molar-refractivity contribution >= 4 is 11.7 Å². The molecule has 0 radical (unpaired) electrons. The Hall–Kier alpha value is -1.69. The second-order valence-corrected chi connectivity index (χ2v) is 4.59. The van der Waals surface area contributed by atoms with Gasteiger partial charge in [0.2, 0.25) is 0 Å².